The highest BCUT2D eigenvalue weighted by molar-refractivity contribution is 7.80. The molecule has 0 aliphatic carbocycles. The molecule has 0 atom stereocenters. The Kier molecular flexibility index (Phi) is 3.40. The van der Waals surface area contributed by atoms with Crippen molar-refractivity contribution in [2.45, 2.75) is 0 Å². The van der Waals surface area contributed by atoms with E-state index in [0.29, 0.717) is 16.4 Å². The Hall–Kier alpha value is -1.86. The fourth-order valence-electron chi connectivity index (χ4n) is 1.12. The fourth-order valence-corrected chi connectivity index (χ4v) is 1.76. The van der Waals surface area contributed by atoms with E-state index in [1.807, 2.05) is 0 Å². The van der Waals surface area contributed by atoms with E-state index in [9.17, 15) is 4.79 Å². The van der Waals surface area contributed by atoms with Gasteiger partial charge >= 0.3 is 0 Å². The Morgan fingerprint density at radius 2 is 2.24 bits per heavy atom. The number of nitrogens with zero attached hydrogens (tertiary/aromatic N) is 2. The third-order valence-electron chi connectivity index (χ3n) is 1.93. The lowest BCUT2D eigenvalue weighted by Crippen LogP contribution is -2.15. The van der Waals surface area contributed by atoms with Gasteiger partial charge in [-0.25, -0.2) is 4.98 Å². The average molecular weight is 264 g/mol. The Morgan fingerprint density at radius 3 is 2.76 bits per heavy atom. The maximum absolute atomic E-state index is 11.7. The van der Waals surface area contributed by atoms with Crippen LogP contribution in [-0.4, -0.2) is 20.9 Å². The molecule has 0 unspecified atom stereocenters. The minimum Gasteiger partial charge on any atom is -0.389 e. The summed E-state index contributed by atoms with van der Waals surface area (Å²) in [5, 5.41) is 4.94. The molecule has 3 N–H and O–H groups in total. The van der Waals surface area contributed by atoms with Crippen molar-refractivity contribution in [3.8, 4) is 0 Å². The average Bonchev–Trinajstić information content (AvgIpc) is 2.82. The molecule has 86 valence electrons. The van der Waals surface area contributed by atoms with Gasteiger partial charge in [0.25, 0.3) is 5.91 Å². The first-order valence-electron chi connectivity index (χ1n) is 4.63. The van der Waals surface area contributed by atoms with Gasteiger partial charge in [-0.2, -0.15) is 0 Å². The van der Waals surface area contributed by atoms with Crippen molar-refractivity contribution >= 4 is 39.6 Å². The lowest BCUT2D eigenvalue weighted by Gasteiger charge is -2.02. The minimum atomic E-state index is -0.311. The molecule has 0 aliphatic heterocycles. The van der Waals surface area contributed by atoms with Crippen LogP contribution in [0.3, 0.4) is 0 Å². The third-order valence-corrected chi connectivity index (χ3v) is 2.86. The molecule has 2 heterocycles. The number of amides is 1. The molecule has 2 rings (SSSR count). The van der Waals surface area contributed by atoms with E-state index < -0.39 is 0 Å². The second-order valence-corrected chi connectivity index (χ2v) is 4.42. The lowest BCUT2D eigenvalue weighted by molar-refractivity contribution is 0.102. The van der Waals surface area contributed by atoms with Crippen molar-refractivity contribution in [2.75, 3.05) is 5.32 Å². The molecule has 0 aliphatic rings. The molecule has 0 spiro atoms. The molecular weight excluding hydrogens is 256 g/mol. The third kappa shape index (κ3) is 2.83. The van der Waals surface area contributed by atoms with Gasteiger partial charge in [0, 0.05) is 23.3 Å². The highest BCUT2D eigenvalue weighted by Crippen LogP contribution is 2.11. The van der Waals surface area contributed by atoms with Crippen molar-refractivity contribution < 1.29 is 4.79 Å². The summed E-state index contributed by atoms with van der Waals surface area (Å²) in [6.45, 7) is 0. The number of nitrogens with one attached hydrogen (secondary N) is 1. The number of hydrogen-bond donors (Lipinski definition) is 2. The van der Waals surface area contributed by atoms with Crippen LogP contribution in [0.1, 0.15) is 16.1 Å². The number of thiocarbonyl (C=S) groups is 1. The molecule has 5 nitrogen and oxygen atoms in total. The molecule has 7 heteroatoms. The number of thiazole rings is 1. The molecule has 2 aromatic rings. The van der Waals surface area contributed by atoms with E-state index >= 15 is 0 Å². The summed E-state index contributed by atoms with van der Waals surface area (Å²) >= 11 is 6.14. The van der Waals surface area contributed by atoms with E-state index in [1.54, 1.807) is 23.7 Å². The van der Waals surface area contributed by atoms with Crippen LogP contribution >= 0.6 is 23.6 Å². The van der Waals surface area contributed by atoms with Crippen molar-refractivity contribution in [3.05, 3.63) is 41.2 Å². The summed E-state index contributed by atoms with van der Waals surface area (Å²) in [6.07, 6.45) is 3.09. The van der Waals surface area contributed by atoms with E-state index in [2.05, 4.69) is 15.3 Å². The quantitative estimate of drug-likeness (QED) is 0.820. The second-order valence-electron chi connectivity index (χ2n) is 3.09. The molecule has 2 aromatic heterocycles. The number of pyridine rings is 1. The van der Waals surface area contributed by atoms with Crippen LogP contribution in [0.15, 0.2) is 29.9 Å². The summed E-state index contributed by atoms with van der Waals surface area (Å²) in [4.78, 5) is 19.9. The molecule has 0 fully saturated rings. The number of hydrogen-bond acceptors (Lipinski definition) is 5. The summed E-state index contributed by atoms with van der Waals surface area (Å²) in [7, 11) is 0. The predicted molar refractivity (Wildman–Crippen MR) is 70.2 cm³/mol. The Bertz CT molecular complexity index is 536. The molecule has 0 bridgehead atoms. The molecular formula is C10H8N4OS2. The number of nitrogens with two attached hydrogens (primary N) is 1. The maximum Gasteiger partial charge on any atom is 0.276 e. The predicted octanol–water partition coefficient (Wildman–Crippen LogP) is 1.42. The van der Waals surface area contributed by atoms with Crippen LogP contribution in [0.4, 0.5) is 5.13 Å². The van der Waals surface area contributed by atoms with E-state index in [1.165, 1.54) is 17.5 Å². The number of carbonyl (C=O) groups is 1. The van der Waals surface area contributed by atoms with Crippen LogP contribution in [0.5, 0.6) is 0 Å². The Labute approximate surface area is 107 Å². The standard InChI is InChI=1S/C10H8N4OS2/c11-8(16)6-1-2-7(13-5-6)9(15)14-10-12-3-4-17-10/h1-5H,(H2,11,16)(H,12,14,15). The molecule has 0 aromatic carbocycles. The van der Waals surface area contributed by atoms with Crippen LogP contribution in [0, 0.1) is 0 Å². The zero-order valence-electron chi connectivity index (χ0n) is 8.58. The molecule has 1 amide bonds. The first-order valence-corrected chi connectivity index (χ1v) is 5.92. The van der Waals surface area contributed by atoms with Gasteiger partial charge < -0.3 is 5.73 Å². The van der Waals surface area contributed by atoms with E-state index in [-0.39, 0.29) is 10.9 Å². The van der Waals surface area contributed by atoms with Gasteiger partial charge in [-0.1, -0.05) is 12.2 Å². The fraction of sp³-hybridized carbons (Fsp3) is 0. The first kappa shape index (κ1) is 11.6. The largest absolute Gasteiger partial charge is 0.389 e. The molecule has 0 radical (unpaired) electrons. The molecule has 17 heavy (non-hydrogen) atoms. The SMILES string of the molecule is NC(=S)c1ccc(C(=O)Nc2nccs2)nc1. The number of rotatable bonds is 3. The summed E-state index contributed by atoms with van der Waals surface area (Å²) in [5.41, 5.74) is 6.35. The normalized spacial score (nSPS) is 9.88. The highest BCUT2D eigenvalue weighted by Gasteiger charge is 2.09. The van der Waals surface area contributed by atoms with Crippen molar-refractivity contribution in [1.29, 1.82) is 0 Å². The van der Waals surface area contributed by atoms with Gasteiger partial charge in [-0.3, -0.25) is 15.1 Å². The number of anilines is 1. The van der Waals surface area contributed by atoms with Crippen LogP contribution < -0.4 is 11.1 Å². The maximum atomic E-state index is 11.7. The number of aromatic nitrogens is 2. The molecule has 0 saturated heterocycles. The molecule has 0 saturated carbocycles. The van der Waals surface area contributed by atoms with Gasteiger partial charge in [-0.15, -0.1) is 11.3 Å². The van der Waals surface area contributed by atoms with Crippen LogP contribution in [-0.2, 0) is 0 Å². The highest BCUT2D eigenvalue weighted by atomic mass is 32.1. The topological polar surface area (TPSA) is 80.9 Å². The van der Waals surface area contributed by atoms with Crippen molar-refractivity contribution in [3.63, 3.8) is 0 Å². The van der Waals surface area contributed by atoms with E-state index in [4.69, 9.17) is 18.0 Å². The number of carbonyl (C=O) groups excluding carboxylic acids is 1. The van der Waals surface area contributed by atoms with Crippen LogP contribution in [0.2, 0.25) is 0 Å². The van der Waals surface area contributed by atoms with Gasteiger partial charge in [0.05, 0.1) is 0 Å². The van der Waals surface area contributed by atoms with Gasteiger partial charge in [-0.05, 0) is 12.1 Å². The van der Waals surface area contributed by atoms with Gasteiger partial charge in [0.1, 0.15) is 10.7 Å². The van der Waals surface area contributed by atoms with Crippen molar-refractivity contribution in [2.24, 2.45) is 5.73 Å². The van der Waals surface area contributed by atoms with Crippen molar-refractivity contribution in [1.82, 2.24) is 9.97 Å². The monoisotopic (exact) mass is 264 g/mol. The zero-order chi connectivity index (χ0) is 12.3. The first-order chi connectivity index (χ1) is 8.16. The zero-order valence-corrected chi connectivity index (χ0v) is 10.2. The minimum absolute atomic E-state index is 0.254. The summed E-state index contributed by atoms with van der Waals surface area (Å²) in [5.74, 6) is -0.311. The Morgan fingerprint density at radius 1 is 1.41 bits per heavy atom. The Balaban J connectivity index is 2.12. The second kappa shape index (κ2) is 4.98. The summed E-state index contributed by atoms with van der Waals surface area (Å²) in [6, 6.07) is 3.23. The van der Waals surface area contributed by atoms with Crippen LogP contribution in [0.25, 0.3) is 0 Å². The van der Waals surface area contributed by atoms with Gasteiger partial charge in [0.2, 0.25) is 0 Å². The summed E-state index contributed by atoms with van der Waals surface area (Å²) < 4.78 is 0. The van der Waals surface area contributed by atoms with Gasteiger partial charge in [0.15, 0.2) is 5.13 Å². The lowest BCUT2D eigenvalue weighted by atomic mass is 10.2. The smallest absolute Gasteiger partial charge is 0.276 e. The van der Waals surface area contributed by atoms with E-state index in [0.717, 1.165) is 0 Å².